The number of hydrogen-bond acceptors (Lipinski definition) is 4. The highest BCUT2D eigenvalue weighted by Crippen LogP contribution is 2.49. The minimum absolute atomic E-state index is 0.284. The van der Waals surface area contributed by atoms with Crippen LogP contribution in [-0.4, -0.2) is 19.9 Å². The summed E-state index contributed by atoms with van der Waals surface area (Å²) in [5.41, 5.74) is 5.68. The lowest BCUT2D eigenvalue weighted by molar-refractivity contribution is 0.294. The first-order valence-electron chi connectivity index (χ1n) is 11.8. The van der Waals surface area contributed by atoms with Gasteiger partial charge in [0.15, 0.2) is 11.5 Å². The van der Waals surface area contributed by atoms with Gasteiger partial charge in [-0.1, -0.05) is 61.0 Å². The predicted octanol–water partition coefficient (Wildman–Crippen LogP) is 7.71. The molecule has 0 fully saturated rings. The van der Waals surface area contributed by atoms with Crippen LogP contribution in [0, 0.1) is 5.92 Å². The van der Waals surface area contributed by atoms with E-state index in [2.05, 4.69) is 77.9 Å². The summed E-state index contributed by atoms with van der Waals surface area (Å²) in [6, 6.07) is 21.2. The van der Waals surface area contributed by atoms with Crippen LogP contribution in [0.1, 0.15) is 48.4 Å². The molecule has 0 spiro atoms. The van der Waals surface area contributed by atoms with E-state index in [9.17, 15) is 0 Å². The standard InChI is InChI=1S/C29H29ClN2O2/c1-3-15-34-29-25(30)16-19(17-27(29)33-2)18-31-21-13-11-20(12-14-21)28-24-9-6-8-22(24)23-7-4-5-10-26(23)32-28/h4-8,10-14,16-18,22,24,28,32H,3,9,15H2,1-2H3/t22-,24-,28-/m0/s1. The summed E-state index contributed by atoms with van der Waals surface area (Å²) in [6.07, 6.45) is 8.49. The minimum atomic E-state index is 0.284. The highest BCUT2D eigenvalue weighted by Gasteiger charge is 2.37. The maximum absolute atomic E-state index is 6.44. The van der Waals surface area contributed by atoms with Gasteiger partial charge in [-0.3, -0.25) is 4.99 Å². The van der Waals surface area contributed by atoms with E-state index in [0.717, 1.165) is 24.1 Å². The van der Waals surface area contributed by atoms with Gasteiger partial charge in [0.05, 0.1) is 30.5 Å². The van der Waals surface area contributed by atoms with Crippen molar-refractivity contribution < 1.29 is 9.47 Å². The molecule has 3 aromatic carbocycles. The fourth-order valence-corrected chi connectivity index (χ4v) is 5.22. The molecule has 174 valence electrons. The molecule has 0 aromatic heterocycles. The Morgan fingerprint density at radius 2 is 1.94 bits per heavy atom. The van der Waals surface area contributed by atoms with Gasteiger partial charge in [0.1, 0.15) is 0 Å². The summed E-state index contributed by atoms with van der Waals surface area (Å²) in [6.45, 7) is 2.65. The maximum atomic E-state index is 6.44. The van der Waals surface area contributed by atoms with E-state index in [0.29, 0.717) is 35.0 Å². The molecule has 2 aliphatic rings. The number of hydrogen-bond donors (Lipinski definition) is 1. The number of rotatable bonds is 7. The Balaban J connectivity index is 1.34. The Kier molecular flexibility index (Phi) is 6.59. The van der Waals surface area contributed by atoms with Gasteiger partial charge >= 0.3 is 0 Å². The molecule has 1 aliphatic heterocycles. The topological polar surface area (TPSA) is 42.8 Å². The van der Waals surface area contributed by atoms with Crippen LogP contribution in [0.5, 0.6) is 11.5 Å². The third-order valence-electron chi connectivity index (χ3n) is 6.59. The van der Waals surface area contributed by atoms with E-state index in [4.69, 9.17) is 21.1 Å². The van der Waals surface area contributed by atoms with Gasteiger partial charge in [0.2, 0.25) is 0 Å². The van der Waals surface area contributed by atoms with Gasteiger partial charge in [-0.2, -0.15) is 0 Å². The summed E-state index contributed by atoms with van der Waals surface area (Å²) in [5.74, 6) is 2.20. The van der Waals surface area contributed by atoms with E-state index in [1.165, 1.54) is 16.8 Å². The van der Waals surface area contributed by atoms with Gasteiger partial charge in [0.25, 0.3) is 0 Å². The number of benzene rings is 3. The van der Waals surface area contributed by atoms with Gasteiger partial charge in [0, 0.05) is 17.8 Å². The first-order valence-corrected chi connectivity index (χ1v) is 12.2. The number of allylic oxidation sites excluding steroid dienone is 2. The smallest absolute Gasteiger partial charge is 0.179 e. The van der Waals surface area contributed by atoms with Crippen molar-refractivity contribution >= 4 is 29.2 Å². The lowest BCUT2D eigenvalue weighted by atomic mass is 9.77. The van der Waals surface area contributed by atoms with Gasteiger partial charge in [-0.25, -0.2) is 0 Å². The molecule has 5 heteroatoms. The summed E-state index contributed by atoms with van der Waals surface area (Å²) in [5, 5.41) is 4.30. The van der Waals surface area contributed by atoms with Crippen molar-refractivity contribution in [2.45, 2.75) is 31.7 Å². The Labute approximate surface area is 206 Å². The molecule has 0 saturated carbocycles. The number of halogens is 1. The molecule has 1 aliphatic carbocycles. The molecule has 0 radical (unpaired) electrons. The number of methoxy groups -OCH3 is 1. The van der Waals surface area contributed by atoms with Crippen LogP contribution in [0.25, 0.3) is 0 Å². The SMILES string of the molecule is CCCOc1c(Cl)cc(C=Nc2ccc([C@@H]3Nc4ccccc4[C@@H]4C=CC[C@@H]43)cc2)cc1OC. The average Bonchev–Trinajstić information content (AvgIpc) is 3.37. The molecular weight excluding hydrogens is 444 g/mol. The zero-order chi connectivity index (χ0) is 23.5. The van der Waals surface area contributed by atoms with Crippen molar-refractivity contribution in [2.75, 3.05) is 19.0 Å². The fraction of sp³-hybridized carbons (Fsp3) is 0.276. The first-order chi connectivity index (χ1) is 16.7. The van der Waals surface area contributed by atoms with Crippen molar-refractivity contribution in [3.8, 4) is 11.5 Å². The van der Waals surface area contributed by atoms with Gasteiger partial charge < -0.3 is 14.8 Å². The lowest BCUT2D eigenvalue weighted by Crippen LogP contribution is -2.28. The molecule has 3 aromatic rings. The number of aliphatic imine (C=N–C) groups is 1. The Morgan fingerprint density at radius 1 is 1.12 bits per heavy atom. The molecular formula is C29H29ClN2O2. The molecule has 4 nitrogen and oxygen atoms in total. The number of nitrogens with one attached hydrogen (secondary N) is 1. The van der Waals surface area contributed by atoms with Crippen molar-refractivity contribution in [2.24, 2.45) is 10.9 Å². The van der Waals surface area contributed by atoms with Crippen LogP contribution in [-0.2, 0) is 0 Å². The molecule has 34 heavy (non-hydrogen) atoms. The predicted molar refractivity (Wildman–Crippen MR) is 140 cm³/mol. The molecule has 1 N–H and O–H groups in total. The third-order valence-corrected chi connectivity index (χ3v) is 6.87. The second-order valence-electron chi connectivity index (χ2n) is 8.80. The van der Waals surface area contributed by atoms with Crippen molar-refractivity contribution in [3.05, 3.63) is 94.5 Å². The Bertz CT molecular complexity index is 1220. The Hall–Kier alpha value is -3.24. The molecule has 0 amide bonds. The highest BCUT2D eigenvalue weighted by molar-refractivity contribution is 6.32. The van der Waals surface area contributed by atoms with E-state index in [1.54, 1.807) is 13.3 Å². The quantitative estimate of drug-likeness (QED) is 0.283. The van der Waals surface area contributed by atoms with E-state index >= 15 is 0 Å². The monoisotopic (exact) mass is 472 g/mol. The molecule has 1 heterocycles. The van der Waals surface area contributed by atoms with Crippen molar-refractivity contribution in [1.82, 2.24) is 0 Å². The first kappa shape index (κ1) is 22.5. The minimum Gasteiger partial charge on any atom is -0.493 e. The number of anilines is 1. The van der Waals surface area contributed by atoms with Crippen LogP contribution in [0.15, 0.2) is 77.8 Å². The average molecular weight is 473 g/mol. The largest absolute Gasteiger partial charge is 0.493 e. The molecule has 0 unspecified atom stereocenters. The van der Waals surface area contributed by atoms with Crippen LogP contribution in [0.2, 0.25) is 5.02 Å². The fourth-order valence-electron chi connectivity index (χ4n) is 4.95. The summed E-state index contributed by atoms with van der Waals surface area (Å²) in [7, 11) is 1.62. The van der Waals surface area contributed by atoms with Crippen LogP contribution < -0.4 is 14.8 Å². The summed E-state index contributed by atoms with van der Waals surface area (Å²) >= 11 is 6.44. The zero-order valence-electron chi connectivity index (χ0n) is 19.5. The molecule has 3 atom stereocenters. The summed E-state index contributed by atoms with van der Waals surface area (Å²) in [4.78, 5) is 4.66. The molecule has 5 rings (SSSR count). The van der Waals surface area contributed by atoms with Gasteiger partial charge in [-0.15, -0.1) is 0 Å². The van der Waals surface area contributed by atoms with E-state index in [-0.39, 0.29) is 6.04 Å². The lowest BCUT2D eigenvalue weighted by Gasteiger charge is -2.37. The third kappa shape index (κ3) is 4.43. The number of nitrogens with zero attached hydrogens (tertiary/aromatic N) is 1. The highest BCUT2D eigenvalue weighted by atomic mass is 35.5. The molecule has 0 bridgehead atoms. The van der Waals surface area contributed by atoms with Crippen LogP contribution in [0.3, 0.4) is 0 Å². The number of fused-ring (bicyclic) bond motifs is 3. The Morgan fingerprint density at radius 3 is 2.74 bits per heavy atom. The number of ether oxygens (including phenoxy) is 2. The summed E-state index contributed by atoms with van der Waals surface area (Å²) < 4.78 is 11.2. The number of para-hydroxylation sites is 1. The van der Waals surface area contributed by atoms with Crippen molar-refractivity contribution in [3.63, 3.8) is 0 Å². The van der Waals surface area contributed by atoms with E-state index < -0.39 is 0 Å². The van der Waals surface area contributed by atoms with Crippen molar-refractivity contribution in [1.29, 1.82) is 0 Å². The maximum Gasteiger partial charge on any atom is 0.179 e. The normalized spacial score (nSPS) is 20.6. The zero-order valence-corrected chi connectivity index (χ0v) is 20.3. The molecule has 0 saturated heterocycles. The van der Waals surface area contributed by atoms with Gasteiger partial charge in [-0.05, 0) is 65.8 Å². The van der Waals surface area contributed by atoms with Crippen LogP contribution in [0.4, 0.5) is 11.4 Å². The van der Waals surface area contributed by atoms with Crippen LogP contribution >= 0.6 is 11.6 Å². The second-order valence-corrected chi connectivity index (χ2v) is 9.20. The second kappa shape index (κ2) is 9.94. The van der Waals surface area contributed by atoms with E-state index in [1.807, 2.05) is 12.1 Å².